The van der Waals surface area contributed by atoms with E-state index < -0.39 is 15.8 Å². The molecule has 4 heterocycles. The van der Waals surface area contributed by atoms with Crippen molar-refractivity contribution in [3.8, 4) is 11.4 Å². The quantitative estimate of drug-likeness (QED) is 0.425. The standard InChI is InChI=1S/C15H14FN11O2S/c16-14-2-1-12(5-13(14)15-20-22-23-21-15)30(28,29)25-8-11(9-25)26-6-10(19-24-26)7-27-17-3-4-18-27/h1-6,11H,7-9H2,(H,20,21,22,23). The number of benzene rings is 1. The molecule has 0 amide bonds. The lowest BCUT2D eigenvalue weighted by Crippen LogP contribution is -2.50. The van der Waals surface area contributed by atoms with Crippen LogP contribution in [0.25, 0.3) is 11.4 Å². The van der Waals surface area contributed by atoms with Crippen LogP contribution in [-0.4, -0.2) is 76.4 Å². The molecule has 1 aliphatic rings. The van der Waals surface area contributed by atoms with E-state index in [1.54, 1.807) is 23.3 Å². The van der Waals surface area contributed by atoms with Crippen LogP contribution in [0, 0.1) is 5.82 Å². The van der Waals surface area contributed by atoms with E-state index in [1.807, 2.05) is 0 Å². The smallest absolute Gasteiger partial charge is 0.243 e. The van der Waals surface area contributed by atoms with Gasteiger partial charge in [-0.05, 0) is 23.4 Å². The molecule has 1 N–H and O–H groups in total. The Balaban J connectivity index is 1.30. The molecule has 15 heteroatoms. The van der Waals surface area contributed by atoms with Crippen LogP contribution >= 0.6 is 0 Å². The summed E-state index contributed by atoms with van der Waals surface area (Å²) in [4.78, 5) is 1.42. The Morgan fingerprint density at radius 2 is 1.97 bits per heavy atom. The van der Waals surface area contributed by atoms with Crippen molar-refractivity contribution in [2.75, 3.05) is 13.1 Å². The Morgan fingerprint density at radius 3 is 2.70 bits per heavy atom. The Kier molecular flexibility index (Phi) is 4.32. The fourth-order valence-corrected chi connectivity index (χ4v) is 4.62. The minimum absolute atomic E-state index is 0.0205. The Bertz CT molecular complexity index is 1260. The van der Waals surface area contributed by atoms with Crippen molar-refractivity contribution in [3.05, 3.63) is 48.3 Å². The number of nitrogens with one attached hydrogen (secondary N) is 1. The minimum atomic E-state index is -3.81. The monoisotopic (exact) mass is 431 g/mol. The van der Waals surface area contributed by atoms with E-state index in [-0.39, 0.29) is 35.4 Å². The number of rotatable bonds is 6. The van der Waals surface area contributed by atoms with Crippen molar-refractivity contribution >= 4 is 10.0 Å². The van der Waals surface area contributed by atoms with Gasteiger partial charge in [0.2, 0.25) is 15.8 Å². The third-order valence-corrected chi connectivity index (χ3v) is 6.52. The summed E-state index contributed by atoms with van der Waals surface area (Å²) in [6, 6.07) is 3.34. The van der Waals surface area contributed by atoms with Crippen molar-refractivity contribution in [2.24, 2.45) is 0 Å². The predicted molar refractivity (Wildman–Crippen MR) is 96.5 cm³/mol. The van der Waals surface area contributed by atoms with Crippen LogP contribution in [0.4, 0.5) is 4.39 Å². The third-order valence-electron chi connectivity index (χ3n) is 4.69. The van der Waals surface area contributed by atoms with Crippen molar-refractivity contribution in [1.29, 1.82) is 0 Å². The molecule has 0 unspecified atom stereocenters. The summed E-state index contributed by atoms with van der Waals surface area (Å²) < 4.78 is 42.8. The van der Waals surface area contributed by atoms with Gasteiger partial charge in [0, 0.05) is 13.1 Å². The van der Waals surface area contributed by atoms with E-state index in [0.717, 1.165) is 6.07 Å². The Morgan fingerprint density at radius 1 is 1.17 bits per heavy atom. The lowest BCUT2D eigenvalue weighted by molar-refractivity contribution is 0.189. The number of nitrogens with zero attached hydrogens (tertiary/aromatic N) is 10. The second-order valence-corrected chi connectivity index (χ2v) is 8.54. The van der Waals surface area contributed by atoms with E-state index in [2.05, 4.69) is 41.1 Å². The molecule has 0 spiro atoms. The molecule has 5 rings (SSSR count). The van der Waals surface area contributed by atoms with Gasteiger partial charge in [-0.1, -0.05) is 5.21 Å². The van der Waals surface area contributed by atoms with Gasteiger partial charge in [0.25, 0.3) is 0 Å². The minimum Gasteiger partial charge on any atom is -0.246 e. The molecule has 1 aromatic carbocycles. The highest BCUT2D eigenvalue weighted by molar-refractivity contribution is 7.89. The van der Waals surface area contributed by atoms with Gasteiger partial charge in [-0.25, -0.2) is 17.5 Å². The summed E-state index contributed by atoms with van der Waals surface area (Å²) in [5, 5.41) is 29.2. The number of H-pyrrole nitrogens is 1. The first-order valence-electron chi connectivity index (χ1n) is 8.79. The third kappa shape index (κ3) is 3.22. The zero-order valence-electron chi connectivity index (χ0n) is 15.2. The number of aromatic nitrogens is 10. The van der Waals surface area contributed by atoms with E-state index in [0.29, 0.717) is 12.2 Å². The number of halogens is 1. The number of hydrogen-bond acceptors (Lipinski definition) is 9. The molecule has 1 aliphatic heterocycles. The van der Waals surface area contributed by atoms with Crippen molar-refractivity contribution < 1.29 is 12.8 Å². The summed E-state index contributed by atoms with van der Waals surface area (Å²) in [6.45, 7) is 0.816. The molecule has 4 aromatic rings. The molecular formula is C15H14FN11O2S. The Hall–Kier alpha value is -3.59. The molecule has 3 aromatic heterocycles. The van der Waals surface area contributed by atoms with Gasteiger partial charge in [0.05, 0.1) is 35.1 Å². The SMILES string of the molecule is O=S(=O)(c1ccc(F)c(-c2nn[nH]n2)c1)N1CC(n2cc(Cn3nccn3)nn2)C1. The molecule has 154 valence electrons. The highest BCUT2D eigenvalue weighted by atomic mass is 32.2. The van der Waals surface area contributed by atoms with Crippen LogP contribution in [0.2, 0.25) is 0 Å². The predicted octanol–water partition coefficient (Wildman–Crippen LogP) is -0.517. The Labute approximate surface area is 168 Å². The highest BCUT2D eigenvalue weighted by Gasteiger charge is 2.38. The van der Waals surface area contributed by atoms with Crippen molar-refractivity contribution in [2.45, 2.75) is 17.5 Å². The number of hydrogen-bond donors (Lipinski definition) is 1. The van der Waals surface area contributed by atoms with Gasteiger partial charge in [0.1, 0.15) is 18.1 Å². The fraction of sp³-hybridized carbons (Fsp3) is 0.267. The average Bonchev–Trinajstić information content (AvgIpc) is 3.44. The molecule has 0 radical (unpaired) electrons. The second-order valence-electron chi connectivity index (χ2n) is 6.60. The molecule has 1 saturated heterocycles. The van der Waals surface area contributed by atoms with Crippen LogP contribution in [-0.2, 0) is 16.6 Å². The van der Waals surface area contributed by atoms with Gasteiger partial charge in [-0.15, -0.1) is 15.3 Å². The van der Waals surface area contributed by atoms with E-state index in [1.165, 1.54) is 21.2 Å². The number of sulfonamides is 1. The summed E-state index contributed by atoms with van der Waals surface area (Å²) in [5.74, 6) is -0.661. The first-order chi connectivity index (χ1) is 14.5. The number of tetrazole rings is 1. The zero-order chi connectivity index (χ0) is 20.7. The molecule has 0 aliphatic carbocycles. The van der Waals surface area contributed by atoms with Crippen LogP contribution in [0.3, 0.4) is 0 Å². The molecular weight excluding hydrogens is 417 g/mol. The van der Waals surface area contributed by atoms with Crippen LogP contribution < -0.4 is 0 Å². The van der Waals surface area contributed by atoms with Crippen molar-refractivity contribution in [1.82, 2.24) is 54.9 Å². The maximum atomic E-state index is 14.1. The van der Waals surface area contributed by atoms with E-state index >= 15 is 0 Å². The largest absolute Gasteiger partial charge is 0.246 e. The maximum absolute atomic E-state index is 14.1. The lowest BCUT2D eigenvalue weighted by Gasteiger charge is -2.37. The molecule has 0 saturated carbocycles. The summed E-state index contributed by atoms with van der Waals surface area (Å²) in [5.41, 5.74) is 0.617. The molecule has 30 heavy (non-hydrogen) atoms. The lowest BCUT2D eigenvalue weighted by atomic mass is 10.2. The fourth-order valence-electron chi connectivity index (χ4n) is 3.08. The zero-order valence-corrected chi connectivity index (χ0v) is 16.1. The van der Waals surface area contributed by atoms with Gasteiger partial charge in [-0.2, -0.15) is 24.5 Å². The average molecular weight is 431 g/mol. The molecule has 1 fully saturated rings. The highest BCUT2D eigenvalue weighted by Crippen LogP contribution is 2.30. The topological polar surface area (TPSA) is 153 Å². The first kappa shape index (κ1) is 18.4. The van der Waals surface area contributed by atoms with Crippen LogP contribution in [0.15, 0.2) is 41.7 Å². The molecule has 13 nitrogen and oxygen atoms in total. The maximum Gasteiger partial charge on any atom is 0.243 e. The summed E-state index contributed by atoms with van der Waals surface area (Å²) in [6.07, 6.45) is 4.88. The molecule has 0 atom stereocenters. The van der Waals surface area contributed by atoms with E-state index in [4.69, 9.17) is 0 Å². The van der Waals surface area contributed by atoms with Gasteiger partial charge in [0.15, 0.2) is 0 Å². The molecule has 0 bridgehead atoms. The van der Waals surface area contributed by atoms with Crippen LogP contribution in [0.5, 0.6) is 0 Å². The van der Waals surface area contributed by atoms with Gasteiger partial charge < -0.3 is 0 Å². The normalized spacial score (nSPS) is 15.4. The van der Waals surface area contributed by atoms with Gasteiger partial charge >= 0.3 is 0 Å². The van der Waals surface area contributed by atoms with Crippen molar-refractivity contribution in [3.63, 3.8) is 0 Å². The van der Waals surface area contributed by atoms with Crippen LogP contribution in [0.1, 0.15) is 11.7 Å². The van der Waals surface area contributed by atoms with E-state index in [9.17, 15) is 12.8 Å². The second kappa shape index (κ2) is 7.03. The van der Waals surface area contributed by atoms with Gasteiger partial charge in [-0.3, -0.25) is 0 Å². The first-order valence-corrected chi connectivity index (χ1v) is 10.2. The summed E-state index contributed by atoms with van der Waals surface area (Å²) in [7, 11) is -3.81. The summed E-state index contributed by atoms with van der Waals surface area (Å²) >= 11 is 0. The number of aromatic amines is 1.